The Kier molecular flexibility index (Phi) is 7.50. The number of nitrogens with one attached hydrogen (secondary N) is 2. The average molecular weight is 265 g/mol. The van der Waals surface area contributed by atoms with Gasteiger partial charge in [0.2, 0.25) is 0 Å². The summed E-state index contributed by atoms with van der Waals surface area (Å²) < 4.78 is 0. The van der Waals surface area contributed by atoms with Gasteiger partial charge in [0.25, 0.3) is 0 Å². The molecule has 19 heavy (non-hydrogen) atoms. The summed E-state index contributed by atoms with van der Waals surface area (Å²) in [7, 11) is 0. The van der Waals surface area contributed by atoms with Crippen LogP contribution >= 0.6 is 0 Å². The Morgan fingerprint density at radius 2 is 1.95 bits per heavy atom. The van der Waals surface area contributed by atoms with E-state index in [1.807, 2.05) is 0 Å². The SMILES string of the molecule is C=C(CCC(C)CC(C)C(C)(C)C)N/C=C\C(=N)N. The van der Waals surface area contributed by atoms with Gasteiger partial charge in [0.15, 0.2) is 0 Å². The van der Waals surface area contributed by atoms with Crippen LogP contribution < -0.4 is 11.1 Å². The van der Waals surface area contributed by atoms with E-state index < -0.39 is 0 Å². The van der Waals surface area contributed by atoms with Crippen LogP contribution in [0.4, 0.5) is 0 Å². The van der Waals surface area contributed by atoms with Gasteiger partial charge in [-0.1, -0.05) is 41.2 Å². The van der Waals surface area contributed by atoms with Gasteiger partial charge in [-0.15, -0.1) is 0 Å². The second kappa shape index (κ2) is 8.03. The van der Waals surface area contributed by atoms with E-state index in [4.69, 9.17) is 11.1 Å². The van der Waals surface area contributed by atoms with Crippen molar-refractivity contribution >= 4 is 5.84 Å². The number of allylic oxidation sites excluding steroid dienone is 1. The molecule has 110 valence electrons. The average Bonchev–Trinajstić information content (AvgIpc) is 2.24. The third-order valence-electron chi connectivity index (χ3n) is 3.72. The van der Waals surface area contributed by atoms with Crippen molar-refractivity contribution in [3.05, 3.63) is 24.6 Å². The molecule has 0 aromatic heterocycles. The molecule has 0 saturated carbocycles. The summed E-state index contributed by atoms with van der Waals surface area (Å²) in [5.41, 5.74) is 6.59. The molecular formula is C16H31N3. The summed E-state index contributed by atoms with van der Waals surface area (Å²) in [6, 6.07) is 0. The third kappa shape index (κ3) is 9.34. The molecule has 3 heteroatoms. The van der Waals surface area contributed by atoms with Crippen LogP contribution in [0.5, 0.6) is 0 Å². The van der Waals surface area contributed by atoms with Gasteiger partial charge >= 0.3 is 0 Å². The molecule has 0 aromatic rings. The zero-order valence-electron chi connectivity index (χ0n) is 13.2. The molecule has 0 aliphatic heterocycles. The molecule has 0 aromatic carbocycles. The maximum atomic E-state index is 7.07. The first-order valence-corrected chi connectivity index (χ1v) is 7.07. The molecule has 2 atom stereocenters. The highest BCUT2D eigenvalue weighted by atomic mass is 14.8. The zero-order valence-corrected chi connectivity index (χ0v) is 13.2. The maximum absolute atomic E-state index is 7.07. The predicted octanol–water partition coefficient (Wildman–Crippen LogP) is 4.03. The molecule has 0 aliphatic carbocycles. The highest BCUT2D eigenvalue weighted by molar-refractivity contribution is 5.88. The molecular weight excluding hydrogens is 234 g/mol. The molecule has 4 N–H and O–H groups in total. The fraction of sp³-hybridized carbons (Fsp3) is 0.688. The van der Waals surface area contributed by atoms with Gasteiger partial charge in [-0.05, 0) is 42.6 Å². The monoisotopic (exact) mass is 265 g/mol. The number of hydrogen-bond acceptors (Lipinski definition) is 2. The van der Waals surface area contributed by atoms with E-state index >= 15 is 0 Å². The van der Waals surface area contributed by atoms with Crippen LogP contribution in [0.2, 0.25) is 0 Å². The molecule has 0 heterocycles. The van der Waals surface area contributed by atoms with E-state index in [-0.39, 0.29) is 5.84 Å². The van der Waals surface area contributed by atoms with Crippen molar-refractivity contribution < 1.29 is 0 Å². The minimum absolute atomic E-state index is 0.0488. The molecule has 0 saturated heterocycles. The Morgan fingerprint density at radius 1 is 1.37 bits per heavy atom. The first kappa shape index (κ1) is 17.8. The molecule has 0 radical (unpaired) electrons. The maximum Gasteiger partial charge on any atom is 0.116 e. The summed E-state index contributed by atoms with van der Waals surface area (Å²) in [6.45, 7) is 15.5. The van der Waals surface area contributed by atoms with Crippen molar-refractivity contribution in [3.63, 3.8) is 0 Å². The van der Waals surface area contributed by atoms with E-state index in [1.54, 1.807) is 6.20 Å². The molecule has 0 bridgehead atoms. The van der Waals surface area contributed by atoms with Crippen molar-refractivity contribution in [1.29, 1.82) is 5.41 Å². The highest BCUT2D eigenvalue weighted by Crippen LogP contribution is 2.32. The van der Waals surface area contributed by atoms with Gasteiger partial charge < -0.3 is 11.1 Å². The van der Waals surface area contributed by atoms with Crippen LogP contribution in [0.1, 0.15) is 53.9 Å². The fourth-order valence-electron chi connectivity index (χ4n) is 1.82. The minimum Gasteiger partial charge on any atom is -0.384 e. The van der Waals surface area contributed by atoms with Gasteiger partial charge in [-0.25, -0.2) is 0 Å². The van der Waals surface area contributed by atoms with E-state index in [9.17, 15) is 0 Å². The second-order valence-corrected chi connectivity index (χ2v) is 6.68. The van der Waals surface area contributed by atoms with Crippen LogP contribution in [0, 0.1) is 22.7 Å². The summed E-state index contributed by atoms with van der Waals surface area (Å²) >= 11 is 0. The van der Waals surface area contributed by atoms with Crippen molar-refractivity contribution in [2.75, 3.05) is 0 Å². The number of hydrogen-bond donors (Lipinski definition) is 3. The van der Waals surface area contributed by atoms with E-state index in [1.165, 1.54) is 12.5 Å². The molecule has 0 rings (SSSR count). The van der Waals surface area contributed by atoms with Crippen LogP contribution in [-0.4, -0.2) is 5.84 Å². The minimum atomic E-state index is 0.0488. The third-order valence-corrected chi connectivity index (χ3v) is 3.72. The predicted molar refractivity (Wildman–Crippen MR) is 85.0 cm³/mol. The smallest absolute Gasteiger partial charge is 0.116 e. The Hall–Kier alpha value is -1.25. The first-order chi connectivity index (χ1) is 8.62. The molecule has 3 nitrogen and oxygen atoms in total. The summed E-state index contributed by atoms with van der Waals surface area (Å²) in [5.74, 6) is 1.47. The van der Waals surface area contributed by atoms with Gasteiger partial charge in [0.05, 0.1) is 0 Å². The van der Waals surface area contributed by atoms with Crippen molar-refractivity contribution in [2.24, 2.45) is 23.0 Å². The second-order valence-electron chi connectivity index (χ2n) is 6.68. The Balaban J connectivity index is 3.93. The van der Waals surface area contributed by atoms with E-state index in [2.05, 4.69) is 46.5 Å². The van der Waals surface area contributed by atoms with Crippen LogP contribution in [-0.2, 0) is 0 Å². The number of nitrogens with two attached hydrogens (primary N) is 1. The Morgan fingerprint density at radius 3 is 2.42 bits per heavy atom. The van der Waals surface area contributed by atoms with Gasteiger partial charge in [-0.3, -0.25) is 5.41 Å². The van der Waals surface area contributed by atoms with Gasteiger partial charge in [-0.2, -0.15) is 0 Å². The molecule has 0 spiro atoms. The van der Waals surface area contributed by atoms with Gasteiger partial charge in [0.1, 0.15) is 5.84 Å². The molecule has 0 amide bonds. The number of rotatable bonds is 8. The quantitative estimate of drug-likeness (QED) is 0.458. The molecule has 2 unspecified atom stereocenters. The van der Waals surface area contributed by atoms with Crippen molar-refractivity contribution in [2.45, 2.75) is 53.9 Å². The first-order valence-electron chi connectivity index (χ1n) is 7.07. The number of amidine groups is 1. The lowest BCUT2D eigenvalue weighted by molar-refractivity contribution is 0.215. The van der Waals surface area contributed by atoms with Crippen LogP contribution in [0.25, 0.3) is 0 Å². The largest absolute Gasteiger partial charge is 0.384 e. The Labute approximate surface area is 118 Å². The fourth-order valence-corrected chi connectivity index (χ4v) is 1.82. The zero-order chi connectivity index (χ0) is 15.1. The lowest BCUT2D eigenvalue weighted by Gasteiger charge is -2.29. The Bertz CT molecular complexity index is 323. The van der Waals surface area contributed by atoms with Crippen molar-refractivity contribution in [3.8, 4) is 0 Å². The van der Waals surface area contributed by atoms with Crippen molar-refractivity contribution in [1.82, 2.24) is 5.32 Å². The topological polar surface area (TPSA) is 61.9 Å². The van der Waals surface area contributed by atoms with E-state index in [0.717, 1.165) is 24.5 Å². The standard InChI is InChI=1S/C16H31N3/c1-12(11-13(2)16(4,5)6)7-8-14(3)19-10-9-15(17)18/h9-10,12-13,19H,3,7-8,11H2,1-2,4-6H3,(H3,17,18)/b10-9-. The summed E-state index contributed by atoms with van der Waals surface area (Å²) in [5, 5.41) is 10.1. The van der Waals surface area contributed by atoms with Gasteiger partial charge in [0, 0.05) is 11.9 Å². The van der Waals surface area contributed by atoms with E-state index in [0.29, 0.717) is 11.3 Å². The summed E-state index contributed by atoms with van der Waals surface area (Å²) in [6.07, 6.45) is 6.55. The molecule has 0 aliphatic rings. The summed E-state index contributed by atoms with van der Waals surface area (Å²) in [4.78, 5) is 0. The molecule has 0 fully saturated rings. The van der Waals surface area contributed by atoms with Crippen LogP contribution in [0.3, 0.4) is 0 Å². The van der Waals surface area contributed by atoms with Crippen LogP contribution in [0.15, 0.2) is 24.6 Å². The highest BCUT2D eigenvalue weighted by Gasteiger charge is 2.21. The normalized spacial score (nSPS) is 15.2. The lowest BCUT2D eigenvalue weighted by Crippen LogP contribution is -2.20. The lowest BCUT2D eigenvalue weighted by atomic mass is 9.76.